The van der Waals surface area contributed by atoms with Gasteiger partial charge in [-0.1, -0.05) is 36.9 Å². The molecule has 0 atom stereocenters. The number of halogens is 1. The molecule has 0 radical (unpaired) electrons. The Labute approximate surface area is 131 Å². The summed E-state index contributed by atoms with van der Waals surface area (Å²) in [5.41, 5.74) is 1.02. The van der Waals surface area contributed by atoms with E-state index in [1.807, 2.05) is 18.2 Å². The molecule has 0 spiro atoms. The Bertz CT molecular complexity index is 467. The standard InChI is InChI=1S/C17H23ClO3/c1-20-17(19)10-8-13-7-9-16(15(18)11-13)21-12-14-5-3-2-4-6-14/h7,9,11,14H,2-6,8,10,12H2,1H3. The van der Waals surface area contributed by atoms with Gasteiger partial charge in [0.15, 0.2) is 0 Å². The third kappa shape index (κ3) is 5.24. The van der Waals surface area contributed by atoms with Gasteiger partial charge in [-0.05, 0) is 42.9 Å². The van der Waals surface area contributed by atoms with Gasteiger partial charge in [0.25, 0.3) is 0 Å². The number of rotatable bonds is 6. The predicted octanol–water partition coefficient (Wildman–Crippen LogP) is 4.40. The van der Waals surface area contributed by atoms with Gasteiger partial charge >= 0.3 is 5.97 Å². The summed E-state index contributed by atoms with van der Waals surface area (Å²) in [4.78, 5) is 11.1. The second-order valence-corrected chi connectivity index (χ2v) is 6.06. The van der Waals surface area contributed by atoms with Gasteiger partial charge in [-0.25, -0.2) is 0 Å². The number of hydrogen-bond donors (Lipinski definition) is 0. The maximum Gasteiger partial charge on any atom is 0.305 e. The van der Waals surface area contributed by atoms with E-state index in [0.717, 1.165) is 17.9 Å². The smallest absolute Gasteiger partial charge is 0.305 e. The molecule has 1 aromatic carbocycles. The molecule has 2 rings (SSSR count). The summed E-state index contributed by atoms with van der Waals surface area (Å²) in [5.74, 6) is 1.20. The van der Waals surface area contributed by atoms with Crippen molar-refractivity contribution in [2.75, 3.05) is 13.7 Å². The van der Waals surface area contributed by atoms with Crippen LogP contribution in [0.15, 0.2) is 18.2 Å². The van der Waals surface area contributed by atoms with Crippen molar-refractivity contribution in [3.63, 3.8) is 0 Å². The van der Waals surface area contributed by atoms with Crippen molar-refractivity contribution in [2.24, 2.45) is 5.92 Å². The predicted molar refractivity (Wildman–Crippen MR) is 83.9 cm³/mol. The molecule has 0 bridgehead atoms. The first kappa shape index (κ1) is 16.2. The highest BCUT2D eigenvalue weighted by Crippen LogP contribution is 2.29. The fourth-order valence-corrected chi connectivity index (χ4v) is 2.98. The topological polar surface area (TPSA) is 35.5 Å². The summed E-state index contributed by atoms with van der Waals surface area (Å²) in [5, 5.41) is 0.619. The van der Waals surface area contributed by atoms with Gasteiger partial charge in [-0.15, -0.1) is 0 Å². The van der Waals surface area contributed by atoms with Crippen LogP contribution >= 0.6 is 11.6 Å². The minimum absolute atomic E-state index is 0.205. The fourth-order valence-electron chi connectivity index (χ4n) is 2.73. The van der Waals surface area contributed by atoms with Crippen LogP contribution in [0.3, 0.4) is 0 Å². The van der Waals surface area contributed by atoms with E-state index in [1.165, 1.54) is 39.2 Å². The molecule has 1 aliphatic rings. The molecule has 0 saturated heterocycles. The van der Waals surface area contributed by atoms with Crippen molar-refractivity contribution in [1.29, 1.82) is 0 Å². The Morgan fingerprint density at radius 3 is 2.71 bits per heavy atom. The normalized spacial score (nSPS) is 15.7. The van der Waals surface area contributed by atoms with E-state index < -0.39 is 0 Å². The summed E-state index contributed by atoms with van der Waals surface area (Å²) in [6.45, 7) is 0.751. The molecule has 0 heterocycles. The molecule has 0 aliphatic heterocycles. The molecular formula is C17H23ClO3. The lowest BCUT2D eigenvalue weighted by Gasteiger charge is -2.22. The number of methoxy groups -OCH3 is 1. The second kappa shape index (κ2) is 8.28. The molecule has 116 valence electrons. The van der Waals surface area contributed by atoms with Crippen LogP contribution in [-0.4, -0.2) is 19.7 Å². The SMILES string of the molecule is COC(=O)CCc1ccc(OCC2CCCCC2)c(Cl)c1. The zero-order valence-corrected chi connectivity index (χ0v) is 13.3. The van der Waals surface area contributed by atoms with E-state index in [0.29, 0.717) is 23.8 Å². The lowest BCUT2D eigenvalue weighted by atomic mass is 9.90. The Hall–Kier alpha value is -1.22. The first-order valence-corrected chi connectivity index (χ1v) is 8.05. The zero-order valence-electron chi connectivity index (χ0n) is 12.6. The van der Waals surface area contributed by atoms with Crippen LogP contribution < -0.4 is 4.74 Å². The van der Waals surface area contributed by atoms with E-state index in [4.69, 9.17) is 16.3 Å². The van der Waals surface area contributed by atoms with Crippen molar-refractivity contribution in [1.82, 2.24) is 0 Å². The van der Waals surface area contributed by atoms with Crippen LogP contribution in [-0.2, 0) is 16.0 Å². The first-order chi connectivity index (χ1) is 10.2. The number of carbonyl (C=O) groups excluding carboxylic acids is 1. The number of esters is 1. The third-order valence-corrected chi connectivity index (χ3v) is 4.34. The Morgan fingerprint density at radius 1 is 1.29 bits per heavy atom. The van der Waals surface area contributed by atoms with Crippen LogP contribution in [0.2, 0.25) is 5.02 Å². The quantitative estimate of drug-likeness (QED) is 0.730. The van der Waals surface area contributed by atoms with E-state index in [1.54, 1.807) is 0 Å². The molecule has 0 unspecified atom stereocenters. The Kier molecular flexibility index (Phi) is 6.37. The second-order valence-electron chi connectivity index (χ2n) is 5.66. The molecule has 0 aromatic heterocycles. The summed E-state index contributed by atoms with van der Waals surface area (Å²) in [6, 6.07) is 5.74. The first-order valence-electron chi connectivity index (χ1n) is 7.67. The lowest BCUT2D eigenvalue weighted by molar-refractivity contribution is -0.140. The summed E-state index contributed by atoms with van der Waals surface area (Å²) < 4.78 is 10.5. The van der Waals surface area contributed by atoms with Crippen molar-refractivity contribution in [2.45, 2.75) is 44.9 Å². The molecule has 1 saturated carbocycles. The van der Waals surface area contributed by atoms with Crippen molar-refractivity contribution >= 4 is 17.6 Å². The molecule has 0 N–H and O–H groups in total. The Balaban J connectivity index is 1.84. The van der Waals surface area contributed by atoms with E-state index in [9.17, 15) is 4.79 Å². The van der Waals surface area contributed by atoms with Gasteiger partial charge in [0.1, 0.15) is 5.75 Å². The molecule has 1 fully saturated rings. The molecule has 1 aromatic rings. The van der Waals surface area contributed by atoms with Gasteiger partial charge in [0.2, 0.25) is 0 Å². The summed E-state index contributed by atoms with van der Waals surface area (Å²) >= 11 is 6.26. The highest BCUT2D eigenvalue weighted by atomic mass is 35.5. The number of ether oxygens (including phenoxy) is 2. The highest BCUT2D eigenvalue weighted by Gasteiger charge is 2.14. The van der Waals surface area contributed by atoms with Crippen LogP contribution in [0.4, 0.5) is 0 Å². The molecule has 3 nitrogen and oxygen atoms in total. The summed E-state index contributed by atoms with van der Waals surface area (Å²) in [7, 11) is 1.40. The molecule has 4 heteroatoms. The van der Waals surface area contributed by atoms with Gasteiger partial charge in [-0.3, -0.25) is 4.79 Å². The van der Waals surface area contributed by atoms with Gasteiger partial charge in [-0.2, -0.15) is 0 Å². The minimum atomic E-state index is -0.205. The van der Waals surface area contributed by atoms with Crippen molar-refractivity contribution < 1.29 is 14.3 Å². The Morgan fingerprint density at radius 2 is 2.05 bits per heavy atom. The van der Waals surface area contributed by atoms with E-state index >= 15 is 0 Å². The molecule has 1 aliphatic carbocycles. The number of carbonyl (C=O) groups is 1. The average Bonchev–Trinajstić information content (AvgIpc) is 2.52. The molecule has 21 heavy (non-hydrogen) atoms. The highest BCUT2D eigenvalue weighted by molar-refractivity contribution is 6.32. The molecular weight excluding hydrogens is 288 g/mol. The van der Waals surface area contributed by atoms with Crippen molar-refractivity contribution in [3.05, 3.63) is 28.8 Å². The third-order valence-electron chi connectivity index (χ3n) is 4.04. The lowest BCUT2D eigenvalue weighted by Crippen LogP contribution is -2.15. The van der Waals surface area contributed by atoms with Gasteiger partial charge in [0.05, 0.1) is 18.7 Å². The summed E-state index contributed by atoms with van der Waals surface area (Å²) in [6.07, 6.45) is 7.50. The van der Waals surface area contributed by atoms with Crippen LogP contribution in [0.5, 0.6) is 5.75 Å². The van der Waals surface area contributed by atoms with Crippen LogP contribution in [0, 0.1) is 5.92 Å². The van der Waals surface area contributed by atoms with E-state index in [2.05, 4.69) is 4.74 Å². The maximum absolute atomic E-state index is 11.1. The average molecular weight is 311 g/mol. The van der Waals surface area contributed by atoms with Crippen LogP contribution in [0.25, 0.3) is 0 Å². The number of aryl methyl sites for hydroxylation is 1. The minimum Gasteiger partial charge on any atom is -0.492 e. The fraction of sp³-hybridized carbons (Fsp3) is 0.588. The number of benzene rings is 1. The van der Waals surface area contributed by atoms with E-state index in [-0.39, 0.29) is 5.97 Å². The monoisotopic (exact) mass is 310 g/mol. The van der Waals surface area contributed by atoms with Gasteiger partial charge < -0.3 is 9.47 Å². The molecule has 0 amide bonds. The van der Waals surface area contributed by atoms with Gasteiger partial charge in [0, 0.05) is 6.42 Å². The largest absolute Gasteiger partial charge is 0.492 e. The van der Waals surface area contributed by atoms with Crippen LogP contribution in [0.1, 0.15) is 44.1 Å². The zero-order chi connectivity index (χ0) is 15.1. The maximum atomic E-state index is 11.1. The van der Waals surface area contributed by atoms with Crippen molar-refractivity contribution in [3.8, 4) is 5.75 Å². The number of hydrogen-bond acceptors (Lipinski definition) is 3.